The van der Waals surface area contributed by atoms with Crippen LogP contribution in [0, 0.1) is 24.0 Å². The SMILES string of the molecule is Cc1cc(NC(=O)CN(C)[C@@H](C)c2nc3ccccc3s2)c([N+](=O)[O-])cc1C. The van der Waals surface area contributed by atoms with Gasteiger partial charge < -0.3 is 5.32 Å². The number of nitrogens with zero attached hydrogens (tertiary/aromatic N) is 3. The Hall–Kier alpha value is -2.84. The Bertz CT molecular complexity index is 1010. The molecule has 0 spiro atoms. The second kappa shape index (κ2) is 8.04. The van der Waals surface area contributed by atoms with Gasteiger partial charge in [-0.05, 0) is 57.1 Å². The first-order chi connectivity index (χ1) is 13.3. The van der Waals surface area contributed by atoms with Crippen LogP contribution in [0.4, 0.5) is 11.4 Å². The first-order valence-electron chi connectivity index (χ1n) is 8.87. The molecule has 1 aromatic heterocycles. The molecule has 8 heteroatoms. The zero-order valence-electron chi connectivity index (χ0n) is 16.2. The van der Waals surface area contributed by atoms with Crippen molar-refractivity contribution in [2.75, 3.05) is 18.9 Å². The standard InChI is InChI=1S/C20H22N4O3S/c1-12-9-16(17(24(26)27)10-13(12)2)21-19(25)11-23(4)14(3)20-22-15-7-5-6-8-18(15)28-20/h5-10,14H,11H2,1-4H3,(H,21,25)/t14-/m0/s1. The highest BCUT2D eigenvalue weighted by atomic mass is 32.1. The average Bonchev–Trinajstić information content (AvgIpc) is 3.07. The topological polar surface area (TPSA) is 88.4 Å². The number of anilines is 1. The smallest absolute Gasteiger partial charge is 0.293 e. The van der Waals surface area contributed by atoms with Crippen molar-refractivity contribution in [3.63, 3.8) is 0 Å². The molecule has 0 aliphatic heterocycles. The molecule has 0 unspecified atom stereocenters. The van der Waals surface area contributed by atoms with Crippen molar-refractivity contribution in [3.05, 3.63) is 62.6 Å². The molecule has 0 bridgehead atoms. The minimum atomic E-state index is -0.477. The summed E-state index contributed by atoms with van der Waals surface area (Å²) in [7, 11) is 1.84. The van der Waals surface area contributed by atoms with E-state index in [1.165, 1.54) is 6.07 Å². The number of fused-ring (bicyclic) bond motifs is 1. The summed E-state index contributed by atoms with van der Waals surface area (Å²) in [5, 5.41) is 14.9. The number of para-hydroxylation sites is 1. The third-order valence-corrected chi connectivity index (χ3v) is 6.01. The van der Waals surface area contributed by atoms with E-state index in [1.54, 1.807) is 24.3 Å². The van der Waals surface area contributed by atoms with E-state index in [2.05, 4.69) is 10.3 Å². The molecule has 1 amide bonds. The van der Waals surface area contributed by atoms with Crippen LogP contribution in [0.3, 0.4) is 0 Å². The molecule has 0 aliphatic carbocycles. The average molecular weight is 398 g/mol. The minimum absolute atomic E-state index is 0.0575. The van der Waals surface area contributed by atoms with Crippen LogP contribution in [-0.4, -0.2) is 34.3 Å². The Morgan fingerprint density at radius 1 is 1.29 bits per heavy atom. The highest BCUT2D eigenvalue weighted by Crippen LogP contribution is 2.30. The van der Waals surface area contributed by atoms with Crippen LogP contribution in [0.2, 0.25) is 0 Å². The van der Waals surface area contributed by atoms with Crippen molar-refractivity contribution in [1.29, 1.82) is 0 Å². The Morgan fingerprint density at radius 2 is 1.96 bits per heavy atom. The van der Waals surface area contributed by atoms with Gasteiger partial charge in [-0.1, -0.05) is 12.1 Å². The maximum absolute atomic E-state index is 12.5. The number of rotatable bonds is 6. The van der Waals surface area contributed by atoms with Crippen LogP contribution in [0.15, 0.2) is 36.4 Å². The molecule has 1 N–H and O–H groups in total. The second-order valence-electron chi connectivity index (χ2n) is 6.87. The van der Waals surface area contributed by atoms with Crippen molar-refractivity contribution >= 4 is 38.8 Å². The number of aromatic nitrogens is 1. The zero-order valence-corrected chi connectivity index (χ0v) is 17.0. The molecular weight excluding hydrogens is 376 g/mol. The molecule has 1 heterocycles. The van der Waals surface area contributed by atoms with E-state index in [0.29, 0.717) is 0 Å². The Morgan fingerprint density at radius 3 is 2.64 bits per heavy atom. The minimum Gasteiger partial charge on any atom is -0.319 e. The molecule has 0 aliphatic rings. The number of thiazole rings is 1. The second-order valence-corrected chi connectivity index (χ2v) is 7.93. The fourth-order valence-electron chi connectivity index (χ4n) is 2.86. The first kappa shape index (κ1) is 19.9. The number of carbonyl (C=O) groups is 1. The summed E-state index contributed by atoms with van der Waals surface area (Å²) >= 11 is 1.60. The van der Waals surface area contributed by atoms with Crippen LogP contribution in [0.5, 0.6) is 0 Å². The van der Waals surface area contributed by atoms with Crippen LogP contribution in [0.25, 0.3) is 10.2 Å². The molecule has 0 fully saturated rings. The van der Waals surface area contributed by atoms with E-state index < -0.39 is 4.92 Å². The Balaban J connectivity index is 1.72. The van der Waals surface area contributed by atoms with Gasteiger partial charge in [-0.15, -0.1) is 11.3 Å². The Labute approximate surface area is 167 Å². The molecule has 0 radical (unpaired) electrons. The summed E-state index contributed by atoms with van der Waals surface area (Å²) in [5.41, 5.74) is 2.76. The number of likely N-dealkylation sites (N-methyl/N-ethyl adjacent to an activating group) is 1. The fraction of sp³-hybridized carbons (Fsp3) is 0.300. The normalized spacial score (nSPS) is 12.3. The summed E-state index contributed by atoms with van der Waals surface area (Å²) in [6.07, 6.45) is 0. The van der Waals surface area contributed by atoms with Gasteiger partial charge in [0, 0.05) is 6.07 Å². The van der Waals surface area contributed by atoms with E-state index in [-0.39, 0.29) is 29.9 Å². The lowest BCUT2D eigenvalue weighted by molar-refractivity contribution is -0.384. The fourth-order valence-corrected chi connectivity index (χ4v) is 3.95. The molecule has 0 saturated carbocycles. The van der Waals surface area contributed by atoms with E-state index in [4.69, 9.17) is 0 Å². The lowest BCUT2D eigenvalue weighted by Gasteiger charge is -2.22. The van der Waals surface area contributed by atoms with Gasteiger partial charge in [0.05, 0.1) is 27.7 Å². The summed E-state index contributed by atoms with van der Waals surface area (Å²) in [5.74, 6) is -0.304. The van der Waals surface area contributed by atoms with Crippen molar-refractivity contribution < 1.29 is 9.72 Å². The molecule has 146 valence electrons. The van der Waals surface area contributed by atoms with Gasteiger partial charge in [-0.3, -0.25) is 19.8 Å². The highest BCUT2D eigenvalue weighted by molar-refractivity contribution is 7.18. The molecular formula is C20H22N4O3S. The van der Waals surface area contributed by atoms with Crippen LogP contribution in [-0.2, 0) is 4.79 Å². The number of amides is 1. The quantitative estimate of drug-likeness (QED) is 0.489. The van der Waals surface area contributed by atoms with Gasteiger partial charge in [0.1, 0.15) is 10.7 Å². The van der Waals surface area contributed by atoms with Crippen molar-refractivity contribution in [3.8, 4) is 0 Å². The molecule has 3 aromatic rings. The summed E-state index contributed by atoms with van der Waals surface area (Å²) in [4.78, 5) is 29.9. The summed E-state index contributed by atoms with van der Waals surface area (Å²) in [6.45, 7) is 5.75. The van der Waals surface area contributed by atoms with Gasteiger partial charge in [-0.25, -0.2) is 4.98 Å². The van der Waals surface area contributed by atoms with Crippen LogP contribution >= 0.6 is 11.3 Å². The van der Waals surface area contributed by atoms with Crippen molar-refractivity contribution in [2.24, 2.45) is 0 Å². The third kappa shape index (κ3) is 4.18. The molecule has 0 saturated heterocycles. The monoisotopic (exact) mass is 398 g/mol. The van der Waals surface area contributed by atoms with Crippen LogP contribution < -0.4 is 5.32 Å². The maximum Gasteiger partial charge on any atom is 0.293 e. The number of nitro benzene ring substituents is 1. The summed E-state index contributed by atoms with van der Waals surface area (Å²) in [6, 6.07) is 11.0. The largest absolute Gasteiger partial charge is 0.319 e. The lowest BCUT2D eigenvalue weighted by atomic mass is 10.1. The predicted octanol–water partition coefficient (Wildman–Crippen LogP) is 4.45. The van der Waals surface area contributed by atoms with Gasteiger partial charge in [-0.2, -0.15) is 0 Å². The van der Waals surface area contributed by atoms with E-state index in [0.717, 1.165) is 26.4 Å². The number of benzene rings is 2. The lowest BCUT2D eigenvalue weighted by Crippen LogP contribution is -2.32. The molecule has 7 nitrogen and oxygen atoms in total. The van der Waals surface area contributed by atoms with E-state index in [1.807, 2.05) is 50.1 Å². The predicted molar refractivity (Wildman–Crippen MR) is 112 cm³/mol. The molecule has 1 atom stereocenters. The van der Waals surface area contributed by atoms with Gasteiger partial charge in [0.2, 0.25) is 5.91 Å². The number of hydrogen-bond acceptors (Lipinski definition) is 6. The van der Waals surface area contributed by atoms with E-state index >= 15 is 0 Å². The van der Waals surface area contributed by atoms with Gasteiger partial charge >= 0.3 is 0 Å². The Kier molecular flexibility index (Phi) is 5.71. The van der Waals surface area contributed by atoms with Crippen molar-refractivity contribution in [2.45, 2.75) is 26.8 Å². The van der Waals surface area contributed by atoms with E-state index in [9.17, 15) is 14.9 Å². The molecule has 3 rings (SSSR count). The van der Waals surface area contributed by atoms with Gasteiger partial charge in [0.25, 0.3) is 5.69 Å². The number of nitrogens with one attached hydrogen (secondary N) is 1. The number of nitro groups is 1. The van der Waals surface area contributed by atoms with Crippen LogP contribution in [0.1, 0.15) is 29.1 Å². The zero-order chi connectivity index (χ0) is 20.4. The molecule has 2 aromatic carbocycles. The maximum atomic E-state index is 12.5. The first-order valence-corrected chi connectivity index (χ1v) is 9.69. The van der Waals surface area contributed by atoms with Gasteiger partial charge in [0.15, 0.2) is 0 Å². The number of hydrogen-bond donors (Lipinski definition) is 1. The highest BCUT2D eigenvalue weighted by Gasteiger charge is 2.21. The summed E-state index contributed by atoms with van der Waals surface area (Å²) < 4.78 is 1.10. The van der Waals surface area contributed by atoms with Crippen molar-refractivity contribution in [1.82, 2.24) is 9.88 Å². The number of aryl methyl sites for hydroxylation is 2. The number of carbonyl (C=O) groups excluding carboxylic acids is 1. The third-order valence-electron chi connectivity index (χ3n) is 4.80. The molecule has 28 heavy (non-hydrogen) atoms.